The number of benzene rings is 2. The van der Waals surface area contributed by atoms with Gasteiger partial charge >= 0.3 is 0 Å². The number of anilines is 1. The molecule has 0 bridgehead atoms. The quantitative estimate of drug-likeness (QED) is 0.322. The van der Waals surface area contributed by atoms with Gasteiger partial charge in [-0.05, 0) is 55.5 Å². The number of carbonyl (C=O) groups excluding carboxylic acids is 1. The number of hydrogen-bond acceptors (Lipinski definition) is 7. The van der Waals surface area contributed by atoms with E-state index in [0.29, 0.717) is 49.5 Å². The molecular weight excluding hydrogens is 491 g/mol. The monoisotopic (exact) mass is 518 g/mol. The van der Waals surface area contributed by atoms with Gasteiger partial charge in [-0.2, -0.15) is 0 Å². The number of piperazine rings is 1. The Labute approximate surface area is 219 Å². The van der Waals surface area contributed by atoms with Crippen LogP contribution in [0.1, 0.15) is 6.92 Å². The van der Waals surface area contributed by atoms with Crippen LogP contribution >= 0.6 is 11.8 Å². The van der Waals surface area contributed by atoms with Gasteiger partial charge in [0.05, 0.1) is 18.0 Å². The van der Waals surface area contributed by atoms with Crippen molar-refractivity contribution in [3.05, 3.63) is 78.9 Å². The number of carbonyl (C=O) groups is 1. The van der Waals surface area contributed by atoms with Crippen molar-refractivity contribution in [1.82, 2.24) is 24.6 Å². The second-order valence-electron chi connectivity index (χ2n) is 8.41. The highest BCUT2D eigenvalue weighted by atomic mass is 32.2. The number of para-hydroxylation sites is 1. The second-order valence-corrected chi connectivity index (χ2v) is 9.35. The van der Waals surface area contributed by atoms with Gasteiger partial charge in [0, 0.05) is 49.8 Å². The maximum atomic E-state index is 14.2. The lowest BCUT2D eigenvalue weighted by Crippen LogP contribution is -2.49. The summed E-state index contributed by atoms with van der Waals surface area (Å²) in [6.07, 6.45) is 3.42. The number of aromatic nitrogens is 4. The molecule has 0 saturated carbocycles. The average Bonchev–Trinajstić information content (AvgIpc) is 3.37. The Kier molecular flexibility index (Phi) is 7.65. The molecule has 2 aromatic heterocycles. The fraction of sp³-hybridized carbons (Fsp3) is 0.259. The minimum absolute atomic E-state index is 0.0184. The van der Waals surface area contributed by atoms with Crippen LogP contribution in [0.2, 0.25) is 0 Å². The number of pyridine rings is 1. The molecule has 0 atom stereocenters. The molecule has 1 fully saturated rings. The summed E-state index contributed by atoms with van der Waals surface area (Å²) in [7, 11) is 0. The Morgan fingerprint density at radius 2 is 1.70 bits per heavy atom. The third-order valence-corrected chi connectivity index (χ3v) is 7.04. The third kappa shape index (κ3) is 5.59. The van der Waals surface area contributed by atoms with E-state index in [9.17, 15) is 9.18 Å². The molecule has 190 valence electrons. The number of thioether (sulfide) groups is 1. The highest BCUT2D eigenvalue weighted by Gasteiger charge is 2.24. The van der Waals surface area contributed by atoms with E-state index in [1.807, 2.05) is 63.8 Å². The molecule has 1 aliphatic rings. The molecule has 0 unspecified atom stereocenters. The van der Waals surface area contributed by atoms with Gasteiger partial charge in [-0.1, -0.05) is 23.9 Å². The Bertz CT molecular complexity index is 1340. The molecular formula is C27H27FN6O2S. The van der Waals surface area contributed by atoms with Crippen molar-refractivity contribution < 1.29 is 13.9 Å². The molecule has 8 nitrogen and oxygen atoms in total. The van der Waals surface area contributed by atoms with Crippen LogP contribution in [0.5, 0.6) is 5.75 Å². The van der Waals surface area contributed by atoms with Crippen molar-refractivity contribution in [2.45, 2.75) is 12.1 Å². The zero-order chi connectivity index (χ0) is 25.6. The first-order valence-electron chi connectivity index (χ1n) is 12.1. The van der Waals surface area contributed by atoms with E-state index in [1.165, 1.54) is 17.8 Å². The zero-order valence-electron chi connectivity index (χ0n) is 20.5. The van der Waals surface area contributed by atoms with Crippen LogP contribution in [0.15, 0.2) is 78.2 Å². The van der Waals surface area contributed by atoms with Gasteiger partial charge in [-0.15, -0.1) is 10.2 Å². The smallest absolute Gasteiger partial charge is 0.233 e. The van der Waals surface area contributed by atoms with E-state index < -0.39 is 0 Å². The number of hydrogen-bond donors (Lipinski definition) is 0. The predicted octanol–water partition coefficient (Wildman–Crippen LogP) is 4.31. The highest BCUT2D eigenvalue weighted by molar-refractivity contribution is 7.99. The van der Waals surface area contributed by atoms with Crippen molar-refractivity contribution in [3.63, 3.8) is 0 Å². The Hall–Kier alpha value is -3.92. The second kappa shape index (κ2) is 11.4. The van der Waals surface area contributed by atoms with Gasteiger partial charge in [0.15, 0.2) is 11.0 Å². The topological polar surface area (TPSA) is 76.4 Å². The zero-order valence-corrected chi connectivity index (χ0v) is 21.3. The summed E-state index contributed by atoms with van der Waals surface area (Å²) < 4.78 is 21.7. The standard InChI is InChI=1S/C27H27FN6O2S/c1-2-36-22-9-7-21(8-10-22)34-26(20-11-13-29-14-12-20)30-31-27(34)37-19-25(35)33-17-15-32(16-18-33)24-6-4-3-5-23(24)28/h3-14H,2,15-19H2,1H3. The van der Waals surface area contributed by atoms with Gasteiger partial charge in [0.1, 0.15) is 11.6 Å². The van der Waals surface area contributed by atoms with Crippen molar-refractivity contribution in [3.8, 4) is 22.8 Å². The number of nitrogens with zero attached hydrogens (tertiary/aromatic N) is 6. The van der Waals surface area contributed by atoms with Crippen LogP contribution in [0.3, 0.4) is 0 Å². The first-order valence-corrected chi connectivity index (χ1v) is 13.1. The van der Waals surface area contributed by atoms with Gasteiger partial charge in [-0.25, -0.2) is 4.39 Å². The molecule has 0 N–H and O–H groups in total. The van der Waals surface area contributed by atoms with Gasteiger partial charge in [-0.3, -0.25) is 14.3 Å². The van der Waals surface area contributed by atoms with Crippen LogP contribution < -0.4 is 9.64 Å². The molecule has 0 aliphatic carbocycles. The average molecular weight is 519 g/mol. The molecule has 0 radical (unpaired) electrons. The molecule has 5 rings (SSSR count). The largest absolute Gasteiger partial charge is 0.494 e. The third-order valence-electron chi connectivity index (χ3n) is 6.13. The predicted molar refractivity (Wildman–Crippen MR) is 142 cm³/mol. The first-order chi connectivity index (χ1) is 18.1. The number of amides is 1. The maximum absolute atomic E-state index is 14.2. The highest BCUT2D eigenvalue weighted by Crippen LogP contribution is 2.29. The molecule has 3 heterocycles. The SMILES string of the molecule is CCOc1ccc(-n2c(SCC(=O)N3CCN(c4ccccc4F)CC3)nnc2-c2ccncc2)cc1. The summed E-state index contributed by atoms with van der Waals surface area (Å²) in [5.41, 5.74) is 2.32. The maximum Gasteiger partial charge on any atom is 0.233 e. The summed E-state index contributed by atoms with van der Waals surface area (Å²) in [5, 5.41) is 9.46. The molecule has 1 amide bonds. The summed E-state index contributed by atoms with van der Waals surface area (Å²) >= 11 is 1.35. The van der Waals surface area contributed by atoms with E-state index in [2.05, 4.69) is 15.2 Å². The van der Waals surface area contributed by atoms with Gasteiger partial charge < -0.3 is 14.5 Å². The number of rotatable bonds is 8. The van der Waals surface area contributed by atoms with E-state index >= 15 is 0 Å². The molecule has 0 spiro atoms. The van der Waals surface area contributed by atoms with E-state index in [0.717, 1.165) is 17.0 Å². The Morgan fingerprint density at radius 3 is 2.41 bits per heavy atom. The van der Waals surface area contributed by atoms with Crippen LogP contribution in [0, 0.1) is 5.82 Å². The molecule has 1 aliphatic heterocycles. The van der Waals surface area contributed by atoms with E-state index in [1.54, 1.807) is 24.5 Å². The first kappa shape index (κ1) is 24.8. The fourth-order valence-corrected chi connectivity index (χ4v) is 5.12. The van der Waals surface area contributed by atoms with Crippen molar-refractivity contribution in [1.29, 1.82) is 0 Å². The molecule has 4 aromatic rings. The molecule has 37 heavy (non-hydrogen) atoms. The number of halogens is 1. The lowest BCUT2D eigenvalue weighted by Gasteiger charge is -2.36. The molecule has 1 saturated heterocycles. The van der Waals surface area contributed by atoms with Crippen LogP contribution in [-0.4, -0.2) is 69.1 Å². The van der Waals surface area contributed by atoms with E-state index in [-0.39, 0.29) is 17.5 Å². The Morgan fingerprint density at radius 1 is 0.973 bits per heavy atom. The summed E-state index contributed by atoms with van der Waals surface area (Å²) in [6, 6.07) is 18.2. The summed E-state index contributed by atoms with van der Waals surface area (Å²) in [5.74, 6) is 1.45. The Balaban J connectivity index is 1.30. The minimum atomic E-state index is -0.239. The van der Waals surface area contributed by atoms with Gasteiger partial charge in [0.25, 0.3) is 0 Å². The minimum Gasteiger partial charge on any atom is -0.494 e. The van der Waals surface area contributed by atoms with E-state index in [4.69, 9.17) is 4.74 Å². The molecule has 10 heteroatoms. The fourth-order valence-electron chi connectivity index (χ4n) is 4.26. The summed E-state index contributed by atoms with van der Waals surface area (Å²) in [4.78, 5) is 21.0. The van der Waals surface area contributed by atoms with Crippen LogP contribution in [-0.2, 0) is 4.79 Å². The van der Waals surface area contributed by atoms with Crippen LogP contribution in [0.4, 0.5) is 10.1 Å². The lowest BCUT2D eigenvalue weighted by molar-refractivity contribution is -0.128. The lowest BCUT2D eigenvalue weighted by atomic mass is 10.2. The van der Waals surface area contributed by atoms with Gasteiger partial charge in [0.2, 0.25) is 5.91 Å². The normalized spacial score (nSPS) is 13.6. The molecule has 2 aromatic carbocycles. The van der Waals surface area contributed by atoms with Crippen molar-refractivity contribution in [2.75, 3.05) is 43.4 Å². The summed E-state index contributed by atoms with van der Waals surface area (Å²) in [6.45, 7) is 4.80. The van der Waals surface area contributed by atoms with Crippen molar-refractivity contribution in [2.24, 2.45) is 0 Å². The van der Waals surface area contributed by atoms with Crippen LogP contribution in [0.25, 0.3) is 17.1 Å². The van der Waals surface area contributed by atoms with Crippen molar-refractivity contribution >= 4 is 23.4 Å². The number of ether oxygens (including phenoxy) is 1.